The molecule has 1 amide bonds. The van der Waals surface area contributed by atoms with E-state index in [1.54, 1.807) is 18.2 Å². The van der Waals surface area contributed by atoms with Gasteiger partial charge in [0.05, 0.1) is 5.56 Å². The van der Waals surface area contributed by atoms with Gasteiger partial charge in [0.1, 0.15) is 11.5 Å². The van der Waals surface area contributed by atoms with E-state index in [-0.39, 0.29) is 5.56 Å². The molecule has 0 atom stereocenters. The number of primary amides is 1. The van der Waals surface area contributed by atoms with Gasteiger partial charge in [0, 0.05) is 5.69 Å². The summed E-state index contributed by atoms with van der Waals surface area (Å²) in [5.41, 5.74) is 14.4. The second-order valence-corrected chi connectivity index (χ2v) is 5.35. The minimum absolute atomic E-state index is 0.283. The van der Waals surface area contributed by atoms with Crippen LogP contribution < -0.4 is 16.2 Å². The highest BCUT2D eigenvalue weighted by Gasteiger charge is 2.11. The molecule has 3 rings (SSSR count). The average molecular weight is 282 g/mol. The van der Waals surface area contributed by atoms with Crippen LogP contribution in [0.15, 0.2) is 36.4 Å². The van der Waals surface area contributed by atoms with Crippen LogP contribution in [0.25, 0.3) is 0 Å². The number of amides is 1. The third-order valence-electron chi connectivity index (χ3n) is 3.85. The Bertz CT molecular complexity index is 695. The van der Waals surface area contributed by atoms with Crippen molar-refractivity contribution >= 4 is 11.6 Å². The first kappa shape index (κ1) is 13.5. The molecule has 0 fully saturated rings. The maximum atomic E-state index is 11.3. The Morgan fingerprint density at radius 3 is 2.38 bits per heavy atom. The largest absolute Gasteiger partial charge is 0.457 e. The lowest BCUT2D eigenvalue weighted by Crippen LogP contribution is -2.13. The Labute approximate surface area is 123 Å². The fourth-order valence-corrected chi connectivity index (χ4v) is 2.72. The summed E-state index contributed by atoms with van der Waals surface area (Å²) in [6.45, 7) is 0. The molecule has 1 aliphatic carbocycles. The van der Waals surface area contributed by atoms with Crippen LogP contribution in [0.5, 0.6) is 11.5 Å². The lowest BCUT2D eigenvalue weighted by Gasteiger charge is -2.17. The van der Waals surface area contributed by atoms with Crippen molar-refractivity contribution in [2.45, 2.75) is 25.7 Å². The summed E-state index contributed by atoms with van der Waals surface area (Å²) in [7, 11) is 0. The third-order valence-corrected chi connectivity index (χ3v) is 3.85. The number of anilines is 1. The molecule has 0 saturated heterocycles. The fourth-order valence-electron chi connectivity index (χ4n) is 2.72. The summed E-state index contributed by atoms with van der Waals surface area (Å²) in [6, 6.07) is 11.1. The Kier molecular flexibility index (Phi) is 3.52. The molecule has 2 aromatic carbocycles. The van der Waals surface area contributed by atoms with E-state index in [2.05, 4.69) is 12.1 Å². The van der Waals surface area contributed by atoms with Gasteiger partial charge in [0.15, 0.2) is 0 Å². The molecule has 0 heterocycles. The molecule has 0 bridgehead atoms. The number of hydrogen-bond donors (Lipinski definition) is 2. The minimum Gasteiger partial charge on any atom is -0.457 e. The highest BCUT2D eigenvalue weighted by atomic mass is 16.5. The van der Waals surface area contributed by atoms with E-state index in [9.17, 15) is 4.79 Å². The van der Waals surface area contributed by atoms with Crippen molar-refractivity contribution in [1.29, 1.82) is 0 Å². The fraction of sp³-hybridized carbons (Fsp3) is 0.235. The predicted molar refractivity (Wildman–Crippen MR) is 82.5 cm³/mol. The summed E-state index contributed by atoms with van der Waals surface area (Å²) in [5.74, 6) is 0.785. The van der Waals surface area contributed by atoms with E-state index in [0.29, 0.717) is 11.4 Å². The normalized spacial score (nSPS) is 13.5. The van der Waals surface area contributed by atoms with Gasteiger partial charge in [-0.25, -0.2) is 0 Å². The number of nitrogen functional groups attached to an aromatic ring is 1. The van der Waals surface area contributed by atoms with Gasteiger partial charge in [0.25, 0.3) is 5.91 Å². The highest BCUT2D eigenvalue weighted by Crippen LogP contribution is 2.29. The van der Waals surface area contributed by atoms with E-state index in [1.165, 1.54) is 24.0 Å². The summed E-state index contributed by atoms with van der Waals surface area (Å²) in [4.78, 5) is 11.3. The number of hydrogen-bond acceptors (Lipinski definition) is 3. The molecule has 0 spiro atoms. The Morgan fingerprint density at radius 2 is 1.62 bits per heavy atom. The SMILES string of the molecule is NC(=O)c1cc(Oc2ccc3c(c2)CCCC3)ccc1N. The Hall–Kier alpha value is -2.49. The number of fused-ring (bicyclic) bond motifs is 1. The summed E-state index contributed by atoms with van der Waals surface area (Å²) < 4.78 is 5.83. The van der Waals surface area contributed by atoms with Gasteiger partial charge < -0.3 is 16.2 Å². The summed E-state index contributed by atoms with van der Waals surface area (Å²) in [5, 5.41) is 0. The standard InChI is InChI=1S/C17H18N2O2/c18-16-8-7-14(10-15(16)17(19)20)21-13-6-5-11-3-1-2-4-12(11)9-13/h5-10H,1-4,18H2,(H2,19,20). The first-order chi connectivity index (χ1) is 10.1. The molecule has 0 aliphatic heterocycles. The molecule has 0 saturated carbocycles. The molecule has 21 heavy (non-hydrogen) atoms. The van der Waals surface area contributed by atoms with Crippen LogP contribution >= 0.6 is 0 Å². The van der Waals surface area contributed by atoms with Gasteiger partial charge in [-0.15, -0.1) is 0 Å². The Morgan fingerprint density at radius 1 is 0.952 bits per heavy atom. The molecule has 0 aromatic heterocycles. The number of rotatable bonds is 3. The molecule has 2 aromatic rings. The van der Waals surface area contributed by atoms with Crippen LogP contribution in [-0.2, 0) is 12.8 Å². The van der Waals surface area contributed by atoms with Crippen LogP contribution in [0.4, 0.5) is 5.69 Å². The molecule has 4 heteroatoms. The lowest BCUT2D eigenvalue weighted by atomic mass is 9.92. The van der Waals surface area contributed by atoms with Crippen LogP contribution in [-0.4, -0.2) is 5.91 Å². The van der Waals surface area contributed by atoms with E-state index >= 15 is 0 Å². The maximum absolute atomic E-state index is 11.3. The third kappa shape index (κ3) is 2.84. The monoisotopic (exact) mass is 282 g/mol. The summed E-state index contributed by atoms with van der Waals surface area (Å²) in [6.07, 6.45) is 4.72. The molecular formula is C17H18N2O2. The number of aryl methyl sites for hydroxylation is 2. The van der Waals surface area contributed by atoms with E-state index in [0.717, 1.165) is 18.6 Å². The van der Waals surface area contributed by atoms with E-state index in [1.807, 2.05) is 6.07 Å². The minimum atomic E-state index is -0.552. The van der Waals surface area contributed by atoms with Gasteiger partial charge in [-0.2, -0.15) is 0 Å². The van der Waals surface area contributed by atoms with E-state index in [4.69, 9.17) is 16.2 Å². The van der Waals surface area contributed by atoms with Crippen molar-refractivity contribution in [1.82, 2.24) is 0 Å². The molecule has 1 aliphatic rings. The van der Waals surface area contributed by atoms with Crippen LogP contribution in [0.3, 0.4) is 0 Å². The zero-order chi connectivity index (χ0) is 14.8. The number of carbonyl (C=O) groups excluding carboxylic acids is 1. The van der Waals surface area contributed by atoms with Crippen molar-refractivity contribution in [3.8, 4) is 11.5 Å². The maximum Gasteiger partial charge on any atom is 0.250 e. The molecule has 0 radical (unpaired) electrons. The van der Waals surface area contributed by atoms with Crippen LogP contribution in [0.2, 0.25) is 0 Å². The molecular weight excluding hydrogens is 264 g/mol. The van der Waals surface area contributed by atoms with Crippen molar-refractivity contribution in [3.63, 3.8) is 0 Å². The van der Waals surface area contributed by atoms with Gasteiger partial charge in [-0.3, -0.25) is 4.79 Å². The first-order valence-electron chi connectivity index (χ1n) is 7.12. The molecule has 4 nitrogen and oxygen atoms in total. The van der Waals surface area contributed by atoms with Crippen LogP contribution in [0, 0.1) is 0 Å². The molecule has 0 unspecified atom stereocenters. The van der Waals surface area contributed by atoms with Crippen LogP contribution in [0.1, 0.15) is 34.3 Å². The lowest BCUT2D eigenvalue weighted by molar-refractivity contribution is 0.100. The number of carbonyl (C=O) groups is 1. The van der Waals surface area contributed by atoms with Crippen molar-refractivity contribution in [2.24, 2.45) is 5.73 Å². The zero-order valence-corrected chi connectivity index (χ0v) is 11.8. The van der Waals surface area contributed by atoms with Crippen molar-refractivity contribution < 1.29 is 9.53 Å². The first-order valence-corrected chi connectivity index (χ1v) is 7.12. The smallest absolute Gasteiger partial charge is 0.250 e. The van der Waals surface area contributed by atoms with Gasteiger partial charge >= 0.3 is 0 Å². The molecule has 108 valence electrons. The number of ether oxygens (including phenoxy) is 1. The number of benzene rings is 2. The quantitative estimate of drug-likeness (QED) is 0.849. The topological polar surface area (TPSA) is 78.3 Å². The predicted octanol–water partition coefficient (Wildman–Crippen LogP) is 3.04. The molecule has 4 N–H and O–H groups in total. The number of nitrogens with two attached hydrogens (primary N) is 2. The van der Waals surface area contributed by atoms with Crippen molar-refractivity contribution in [3.05, 3.63) is 53.1 Å². The highest BCUT2D eigenvalue weighted by molar-refractivity contribution is 5.98. The average Bonchev–Trinajstić information content (AvgIpc) is 2.49. The zero-order valence-electron chi connectivity index (χ0n) is 11.8. The summed E-state index contributed by atoms with van der Waals surface area (Å²) >= 11 is 0. The van der Waals surface area contributed by atoms with E-state index < -0.39 is 5.91 Å². The van der Waals surface area contributed by atoms with Gasteiger partial charge in [-0.1, -0.05) is 6.07 Å². The Balaban J connectivity index is 1.86. The van der Waals surface area contributed by atoms with Gasteiger partial charge in [0.2, 0.25) is 0 Å². The second-order valence-electron chi connectivity index (χ2n) is 5.35. The second kappa shape index (κ2) is 5.48. The van der Waals surface area contributed by atoms with Crippen molar-refractivity contribution in [2.75, 3.05) is 5.73 Å². The van der Waals surface area contributed by atoms with Gasteiger partial charge in [-0.05, 0) is 67.1 Å².